The van der Waals surface area contributed by atoms with Crippen LogP contribution in [0.15, 0.2) is 30.3 Å². The molecule has 0 bridgehead atoms. The van der Waals surface area contributed by atoms with E-state index in [2.05, 4.69) is 47.5 Å². The number of rotatable bonds is 4. The molecule has 3 aliphatic rings. The number of hydrogen-bond acceptors (Lipinski definition) is 2. The van der Waals surface area contributed by atoms with Crippen molar-refractivity contribution in [3.05, 3.63) is 41.5 Å². The molecule has 3 unspecified atom stereocenters. The third kappa shape index (κ3) is 2.75. The highest BCUT2D eigenvalue weighted by molar-refractivity contribution is 5.70. The molecule has 2 heteroatoms. The monoisotopic (exact) mass is 296 g/mol. The second kappa shape index (κ2) is 6.17. The summed E-state index contributed by atoms with van der Waals surface area (Å²) in [7, 11) is 0. The van der Waals surface area contributed by atoms with Crippen LogP contribution in [0.3, 0.4) is 0 Å². The summed E-state index contributed by atoms with van der Waals surface area (Å²) in [5, 5.41) is 3.54. The smallest absolute Gasteiger partial charge is 0.00675 e. The highest BCUT2D eigenvalue weighted by Crippen LogP contribution is 2.40. The van der Waals surface area contributed by atoms with Gasteiger partial charge in [0.25, 0.3) is 0 Å². The molecule has 22 heavy (non-hydrogen) atoms. The summed E-state index contributed by atoms with van der Waals surface area (Å²) in [6.07, 6.45) is 7.70. The number of nitrogens with one attached hydrogen (secondary N) is 1. The molecule has 2 aliphatic heterocycles. The minimum absolute atomic E-state index is 0.760. The highest BCUT2D eigenvalue weighted by Gasteiger charge is 2.33. The zero-order valence-corrected chi connectivity index (χ0v) is 13.7. The molecule has 0 radical (unpaired) electrons. The van der Waals surface area contributed by atoms with Gasteiger partial charge in [0.15, 0.2) is 0 Å². The first kappa shape index (κ1) is 14.5. The maximum Gasteiger partial charge on any atom is 0.00675 e. The van der Waals surface area contributed by atoms with E-state index in [1.54, 1.807) is 5.57 Å². The average molecular weight is 296 g/mol. The Kier molecular flexibility index (Phi) is 4.06. The lowest BCUT2D eigenvalue weighted by Crippen LogP contribution is -2.28. The molecule has 1 N–H and O–H groups in total. The Morgan fingerprint density at radius 1 is 1.18 bits per heavy atom. The molecule has 118 valence electrons. The Morgan fingerprint density at radius 3 is 2.82 bits per heavy atom. The standard InChI is InChI=1S/C20H28N2/c1-15-3-2-11-22(15)12-10-16-4-6-17(7-5-16)19-9-8-18-13-21-14-20(18)19/h4-7,9,15,18,20-21H,2-3,8,10-14H2,1H3. The maximum absolute atomic E-state index is 3.54. The van der Waals surface area contributed by atoms with E-state index in [1.165, 1.54) is 63.0 Å². The van der Waals surface area contributed by atoms with Crippen LogP contribution in [0.25, 0.3) is 5.57 Å². The van der Waals surface area contributed by atoms with Crippen molar-refractivity contribution in [1.29, 1.82) is 0 Å². The normalized spacial score (nSPS) is 31.5. The molecular formula is C20H28N2. The van der Waals surface area contributed by atoms with Gasteiger partial charge >= 0.3 is 0 Å². The molecule has 0 aromatic heterocycles. The molecule has 0 spiro atoms. The first-order valence-electron chi connectivity index (χ1n) is 9.05. The van der Waals surface area contributed by atoms with Crippen molar-refractivity contribution in [3.8, 4) is 0 Å². The van der Waals surface area contributed by atoms with E-state index in [-0.39, 0.29) is 0 Å². The van der Waals surface area contributed by atoms with Crippen molar-refractivity contribution in [2.75, 3.05) is 26.2 Å². The van der Waals surface area contributed by atoms with Gasteiger partial charge in [-0.25, -0.2) is 0 Å². The van der Waals surface area contributed by atoms with Gasteiger partial charge in [0.2, 0.25) is 0 Å². The lowest BCUT2D eigenvalue weighted by Gasteiger charge is -2.20. The van der Waals surface area contributed by atoms with Crippen LogP contribution in [-0.2, 0) is 6.42 Å². The minimum atomic E-state index is 0.760. The summed E-state index contributed by atoms with van der Waals surface area (Å²) in [5.41, 5.74) is 4.53. The van der Waals surface area contributed by atoms with Gasteiger partial charge in [0.05, 0.1) is 0 Å². The molecule has 4 rings (SSSR count). The molecule has 3 atom stereocenters. The van der Waals surface area contributed by atoms with Gasteiger partial charge in [-0.15, -0.1) is 0 Å². The predicted octanol–water partition coefficient (Wildman–Crippen LogP) is 3.34. The van der Waals surface area contributed by atoms with Crippen molar-refractivity contribution in [3.63, 3.8) is 0 Å². The van der Waals surface area contributed by atoms with E-state index in [0.29, 0.717) is 0 Å². The summed E-state index contributed by atoms with van der Waals surface area (Å²) < 4.78 is 0. The van der Waals surface area contributed by atoms with Crippen molar-refractivity contribution in [1.82, 2.24) is 10.2 Å². The van der Waals surface area contributed by atoms with Gasteiger partial charge in [-0.2, -0.15) is 0 Å². The van der Waals surface area contributed by atoms with E-state index < -0.39 is 0 Å². The van der Waals surface area contributed by atoms with Gasteiger partial charge in [-0.3, -0.25) is 0 Å². The Balaban J connectivity index is 1.38. The molecule has 1 aromatic carbocycles. The first-order valence-corrected chi connectivity index (χ1v) is 9.05. The Morgan fingerprint density at radius 2 is 2.05 bits per heavy atom. The van der Waals surface area contributed by atoms with Crippen LogP contribution >= 0.6 is 0 Å². The average Bonchev–Trinajstić information content (AvgIpc) is 3.22. The lowest BCUT2D eigenvalue weighted by molar-refractivity contribution is 0.272. The van der Waals surface area contributed by atoms with E-state index >= 15 is 0 Å². The maximum atomic E-state index is 3.54. The fraction of sp³-hybridized carbons (Fsp3) is 0.600. The SMILES string of the molecule is CC1CCCN1CCc1ccc(C2=CCC3CNCC23)cc1. The van der Waals surface area contributed by atoms with Crippen molar-refractivity contribution >= 4 is 5.57 Å². The number of nitrogens with zero attached hydrogens (tertiary/aromatic N) is 1. The second-order valence-corrected chi connectivity index (χ2v) is 7.39. The Labute approximate surface area is 134 Å². The zero-order valence-electron chi connectivity index (χ0n) is 13.7. The van der Waals surface area contributed by atoms with Crippen LogP contribution in [0.2, 0.25) is 0 Å². The van der Waals surface area contributed by atoms with Crippen LogP contribution in [0.1, 0.15) is 37.3 Å². The largest absolute Gasteiger partial charge is 0.316 e. The molecule has 1 aliphatic carbocycles. The van der Waals surface area contributed by atoms with Gasteiger partial charge in [0.1, 0.15) is 0 Å². The molecule has 0 amide bonds. The topological polar surface area (TPSA) is 15.3 Å². The van der Waals surface area contributed by atoms with Crippen LogP contribution < -0.4 is 5.32 Å². The Bertz CT molecular complexity index is 545. The lowest BCUT2D eigenvalue weighted by atomic mass is 9.90. The molecule has 0 saturated carbocycles. The third-order valence-corrected chi connectivity index (χ3v) is 6.05. The summed E-state index contributed by atoms with van der Waals surface area (Å²) in [6, 6.07) is 10.2. The number of fused-ring (bicyclic) bond motifs is 1. The number of hydrogen-bond donors (Lipinski definition) is 1. The fourth-order valence-electron chi connectivity index (χ4n) is 4.57. The highest BCUT2D eigenvalue weighted by atomic mass is 15.2. The van der Waals surface area contributed by atoms with Gasteiger partial charge < -0.3 is 10.2 Å². The summed E-state index contributed by atoms with van der Waals surface area (Å²) in [6.45, 7) is 7.26. The van der Waals surface area contributed by atoms with Crippen molar-refractivity contribution in [2.45, 2.75) is 38.6 Å². The van der Waals surface area contributed by atoms with E-state index in [0.717, 1.165) is 17.9 Å². The quantitative estimate of drug-likeness (QED) is 0.917. The molecule has 2 fully saturated rings. The summed E-state index contributed by atoms with van der Waals surface area (Å²) >= 11 is 0. The molecule has 2 nitrogen and oxygen atoms in total. The van der Waals surface area contributed by atoms with E-state index in [4.69, 9.17) is 0 Å². The number of benzene rings is 1. The molecule has 2 heterocycles. The molecule has 2 saturated heterocycles. The van der Waals surface area contributed by atoms with Crippen LogP contribution in [0.4, 0.5) is 0 Å². The molecule has 1 aromatic rings. The fourth-order valence-corrected chi connectivity index (χ4v) is 4.57. The third-order valence-electron chi connectivity index (χ3n) is 6.05. The van der Waals surface area contributed by atoms with E-state index in [1.807, 2.05) is 0 Å². The predicted molar refractivity (Wildman–Crippen MR) is 92.9 cm³/mol. The molecular weight excluding hydrogens is 268 g/mol. The van der Waals surface area contributed by atoms with Crippen LogP contribution in [0, 0.1) is 11.8 Å². The zero-order chi connectivity index (χ0) is 14.9. The Hall–Kier alpha value is -1.12. The number of allylic oxidation sites excluding steroid dienone is 1. The van der Waals surface area contributed by atoms with Crippen LogP contribution in [0.5, 0.6) is 0 Å². The van der Waals surface area contributed by atoms with Crippen molar-refractivity contribution < 1.29 is 0 Å². The number of likely N-dealkylation sites (tertiary alicyclic amines) is 1. The summed E-state index contributed by atoms with van der Waals surface area (Å²) in [5.74, 6) is 1.61. The minimum Gasteiger partial charge on any atom is -0.316 e. The van der Waals surface area contributed by atoms with Gasteiger partial charge in [0, 0.05) is 25.0 Å². The van der Waals surface area contributed by atoms with Gasteiger partial charge in [-0.05, 0) is 68.3 Å². The summed E-state index contributed by atoms with van der Waals surface area (Å²) in [4.78, 5) is 2.64. The second-order valence-electron chi connectivity index (χ2n) is 7.39. The van der Waals surface area contributed by atoms with Crippen molar-refractivity contribution in [2.24, 2.45) is 11.8 Å². The first-order chi connectivity index (χ1) is 10.8. The van der Waals surface area contributed by atoms with Gasteiger partial charge in [-0.1, -0.05) is 30.3 Å². The van der Waals surface area contributed by atoms with E-state index in [9.17, 15) is 0 Å². The van der Waals surface area contributed by atoms with Crippen LogP contribution in [-0.4, -0.2) is 37.1 Å².